The first-order valence-corrected chi connectivity index (χ1v) is 6.08. The normalized spacial score (nSPS) is 12.9. The Hall–Kier alpha value is -1.03. The molecular formula is C12H17FN2S. The average molecular weight is 240 g/mol. The summed E-state index contributed by atoms with van der Waals surface area (Å²) in [6, 6.07) is 6.37. The zero-order valence-corrected chi connectivity index (χ0v) is 10.6. The van der Waals surface area contributed by atoms with Crippen LogP contribution in [-0.2, 0) is 0 Å². The first kappa shape index (κ1) is 13.0. The summed E-state index contributed by atoms with van der Waals surface area (Å²) in [5.74, 6) is 1.02. The van der Waals surface area contributed by atoms with E-state index in [2.05, 4.69) is 4.99 Å². The lowest BCUT2D eigenvalue weighted by atomic mass is 10.1. The predicted octanol–water partition coefficient (Wildman–Crippen LogP) is 3.07. The summed E-state index contributed by atoms with van der Waals surface area (Å²) < 4.78 is 12.7. The van der Waals surface area contributed by atoms with E-state index in [1.165, 1.54) is 12.1 Å². The molecule has 4 heteroatoms. The van der Waals surface area contributed by atoms with Crippen molar-refractivity contribution in [1.29, 1.82) is 0 Å². The van der Waals surface area contributed by atoms with Crippen LogP contribution in [0.4, 0.5) is 4.39 Å². The maximum absolute atomic E-state index is 12.7. The van der Waals surface area contributed by atoms with Crippen molar-refractivity contribution in [3.63, 3.8) is 0 Å². The Bertz CT molecular complexity index is 366. The lowest BCUT2D eigenvalue weighted by Gasteiger charge is -2.13. The van der Waals surface area contributed by atoms with Crippen LogP contribution < -0.4 is 5.73 Å². The van der Waals surface area contributed by atoms with Gasteiger partial charge < -0.3 is 5.73 Å². The molecular weight excluding hydrogens is 223 g/mol. The smallest absolute Gasteiger partial charge is 0.123 e. The molecule has 1 aromatic carbocycles. The van der Waals surface area contributed by atoms with Crippen LogP contribution in [0.2, 0.25) is 0 Å². The third-order valence-corrected chi connectivity index (χ3v) is 2.72. The van der Waals surface area contributed by atoms with Crippen LogP contribution in [0, 0.1) is 5.82 Å². The van der Waals surface area contributed by atoms with Crippen molar-refractivity contribution in [3.8, 4) is 0 Å². The first-order valence-electron chi connectivity index (χ1n) is 5.09. The number of benzene rings is 1. The number of aliphatic imine (C=N–C) groups is 1. The predicted molar refractivity (Wildman–Crippen MR) is 68.5 cm³/mol. The van der Waals surface area contributed by atoms with Crippen molar-refractivity contribution in [2.24, 2.45) is 10.7 Å². The molecule has 1 aromatic rings. The minimum absolute atomic E-state index is 0.145. The van der Waals surface area contributed by atoms with E-state index in [0.29, 0.717) is 11.6 Å². The average Bonchev–Trinajstić information content (AvgIpc) is 2.14. The summed E-state index contributed by atoms with van der Waals surface area (Å²) in [6.07, 6.45) is 0. The fourth-order valence-corrected chi connectivity index (χ4v) is 1.86. The van der Waals surface area contributed by atoms with Crippen LogP contribution >= 0.6 is 11.8 Å². The van der Waals surface area contributed by atoms with Crippen molar-refractivity contribution in [3.05, 3.63) is 30.1 Å². The Morgan fingerprint density at radius 3 is 2.38 bits per heavy atom. The van der Waals surface area contributed by atoms with Crippen LogP contribution in [0.15, 0.2) is 34.2 Å². The molecule has 0 heterocycles. The van der Waals surface area contributed by atoms with Gasteiger partial charge in [-0.3, -0.25) is 4.99 Å². The van der Waals surface area contributed by atoms with Gasteiger partial charge in [-0.2, -0.15) is 0 Å². The number of hydrogen-bond donors (Lipinski definition) is 1. The van der Waals surface area contributed by atoms with Crippen LogP contribution in [0.25, 0.3) is 0 Å². The second kappa shape index (κ2) is 5.34. The van der Waals surface area contributed by atoms with Gasteiger partial charge in [-0.25, -0.2) is 4.39 Å². The van der Waals surface area contributed by atoms with Gasteiger partial charge in [0.1, 0.15) is 11.7 Å². The summed E-state index contributed by atoms with van der Waals surface area (Å²) in [7, 11) is 0. The number of amidine groups is 1. The standard InChI is InChI=1S/C12H17FN2S/c1-12(2,3)15-11(14)8-16-10-6-4-9(13)5-7-10/h4-7H,8H2,1-3H3,(H2,14,15). The van der Waals surface area contributed by atoms with Crippen LogP contribution in [-0.4, -0.2) is 17.1 Å². The van der Waals surface area contributed by atoms with Gasteiger partial charge in [0.15, 0.2) is 0 Å². The van der Waals surface area contributed by atoms with E-state index in [4.69, 9.17) is 5.73 Å². The Labute approximate surface area is 100 Å². The van der Waals surface area contributed by atoms with E-state index in [1.807, 2.05) is 20.8 Å². The van der Waals surface area contributed by atoms with E-state index in [1.54, 1.807) is 23.9 Å². The van der Waals surface area contributed by atoms with Gasteiger partial charge in [-0.05, 0) is 45.0 Å². The topological polar surface area (TPSA) is 38.4 Å². The van der Waals surface area contributed by atoms with Gasteiger partial charge in [0.25, 0.3) is 0 Å². The van der Waals surface area contributed by atoms with Crippen LogP contribution in [0.3, 0.4) is 0 Å². The molecule has 0 aliphatic rings. The quantitative estimate of drug-likeness (QED) is 0.501. The monoisotopic (exact) mass is 240 g/mol. The third-order valence-electron chi connectivity index (χ3n) is 1.68. The van der Waals surface area contributed by atoms with Gasteiger partial charge in [0, 0.05) is 4.90 Å². The molecule has 0 saturated carbocycles. The highest BCUT2D eigenvalue weighted by Gasteiger charge is 2.08. The number of halogens is 1. The molecule has 0 aromatic heterocycles. The minimum Gasteiger partial charge on any atom is -0.387 e. The largest absolute Gasteiger partial charge is 0.387 e. The molecule has 0 atom stereocenters. The molecule has 0 saturated heterocycles. The summed E-state index contributed by atoms with van der Waals surface area (Å²) in [4.78, 5) is 5.34. The first-order chi connectivity index (χ1) is 7.37. The van der Waals surface area contributed by atoms with Gasteiger partial charge in [0.2, 0.25) is 0 Å². The number of nitrogens with two attached hydrogens (primary N) is 1. The van der Waals surface area contributed by atoms with Crippen molar-refractivity contribution in [2.75, 3.05) is 5.75 Å². The highest BCUT2D eigenvalue weighted by molar-refractivity contribution is 8.00. The van der Waals surface area contributed by atoms with Gasteiger partial charge >= 0.3 is 0 Å². The van der Waals surface area contributed by atoms with E-state index >= 15 is 0 Å². The lowest BCUT2D eigenvalue weighted by molar-refractivity contribution is 0.583. The van der Waals surface area contributed by atoms with Crippen LogP contribution in [0.1, 0.15) is 20.8 Å². The molecule has 2 N–H and O–H groups in total. The highest BCUT2D eigenvalue weighted by atomic mass is 32.2. The molecule has 0 bridgehead atoms. The molecule has 88 valence electrons. The Morgan fingerprint density at radius 1 is 1.31 bits per heavy atom. The third kappa shape index (κ3) is 5.16. The van der Waals surface area contributed by atoms with Gasteiger partial charge in [-0.1, -0.05) is 0 Å². The maximum Gasteiger partial charge on any atom is 0.123 e. The second-order valence-corrected chi connectivity index (χ2v) is 5.57. The Balaban J connectivity index is 2.52. The van der Waals surface area contributed by atoms with Crippen LogP contribution in [0.5, 0.6) is 0 Å². The van der Waals surface area contributed by atoms with E-state index in [-0.39, 0.29) is 11.4 Å². The molecule has 16 heavy (non-hydrogen) atoms. The van der Waals surface area contributed by atoms with E-state index in [9.17, 15) is 4.39 Å². The molecule has 0 aliphatic carbocycles. The van der Waals surface area contributed by atoms with Gasteiger partial charge in [0.05, 0.1) is 11.3 Å². The Morgan fingerprint density at radius 2 is 1.88 bits per heavy atom. The molecule has 1 rings (SSSR count). The number of nitrogens with zero attached hydrogens (tertiary/aromatic N) is 1. The molecule has 0 amide bonds. The number of thioether (sulfide) groups is 1. The van der Waals surface area contributed by atoms with E-state index < -0.39 is 0 Å². The molecule has 0 unspecified atom stereocenters. The second-order valence-electron chi connectivity index (χ2n) is 4.52. The lowest BCUT2D eigenvalue weighted by Crippen LogP contribution is -2.22. The zero-order chi connectivity index (χ0) is 12.2. The molecule has 0 fully saturated rings. The SMILES string of the molecule is CC(C)(C)N=C(N)CSc1ccc(F)cc1. The molecule has 0 radical (unpaired) electrons. The summed E-state index contributed by atoms with van der Waals surface area (Å²) in [5.41, 5.74) is 5.65. The fraction of sp³-hybridized carbons (Fsp3) is 0.417. The molecule has 2 nitrogen and oxygen atoms in total. The highest BCUT2D eigenvalue weighted by Crippen LogP contribution is 2.18. The number of rotatable bonds is 3. The van der Waals surface area contributed by atoms with Gasteiger partial charge in [-0.15, -0.1) is 11.8 Å². The molecule has 0 spiro atoms. The summed E-state index contributed by atoms with van der Waals surface area (Å²) >= 11 is 1.56. The van der Waals surface area contributed by atoms with Crippen molar-refractivity contribution >= 4 is 17.6 Å². The zero-order valence-electron chi connectivity index (χ0n) is 9.83. The fourth-order valence-electron chi connectivity index (χ4n) is 1.15. The van der Waals surface area contributed by atoms with E-state index in [0.717, 1.165) is 4.90 Å². The van der Waals surface area contributed by atoms with Crippen molar-refractivity contribution < 1.29 is 4.39 Å². The maximum atomic E-state index is 12.7. The molecule has 0 aliphatic heterocycles. The Kier molecular flexibility index (Phi) is 4.35. The minimum atomic E-state index is -0.222. The van der Waals surface area contributed by atoms with Crippen molar-refractivity contribution in [1.82, 2.24) is 0 Å². The van der Waals surface area contributed by atoms with Crippen molar-refractivity contribution in [2.45, 2.75) is 31.2 Å². The summed E-state index contributed by atoms with van der Waals surface area (Å²) in [5, 5.41) is 0. The number of hydrogen-bond acceptors (Lipinski definition) is 2. The summed E-state index contributed by atoms with van der Waals surface area (Å²) in [6.45, 7) is 6.01.